The first kappa shape index (κ1) is 8.55. The smallest absolute Gasteiger partial charge is 0.292 e. The Morgan fingerprint density at radius 2 is 2.07 bits per heavy atom. The molecule has 0 spiro atoms. The highest BCUT2D eigenvalue weighted by Crippen LogP contribution is 2.22. The molecule has 1 heterocycles. The molecule has 1 aromatic carbocycles. The standard InChI is InChI=1S/C9H8FN3O/c10-6-2-1-5(3-7(6)11)8-4-14-9(12)13-8/h1-4H,11H2,(H2,12,13). The van der Waals surface area contributed by atoms with Crippen molar-refractivity contribution in [1.29, 1.82) is 0 Å². The average Bonchev–Trinajstić information content (AvgIpc) is 2.57. The summed E-state index contributed by atoms with van der Waals surface area (Å²) in [6.45, 7) is 0. The van der Waals surface area contributed by atoms with Crippen molar-refractivity contribution in [2.75, 3.05) is 11.5 Å². The fourth-order valence-corrected chi connectivity index (χ4v) is 1.12. The molecule has 0 amide bonds. The van der Waals surface area contributed by atoms with Crippen LogP contribution in [0.15, 0.2) is 28.9 Å². The molecule has 5 heteroatoms. The first-order chi connectivity index (χ1) is 6.66. The lowest BCUT2D eigenvalue weighted by Gasteiger charge is -1.98. The zero-order valence-electron chi connectivity index (χ0n) is 7.20. The number of hydrogen-bond donors (Lipinski definition) is 2. The van der Waals surface area contributed by atoms with E-state index in [4.69, 9.17) is 15.9 Å². The Morgan fingerprint density at radius 3 is 2.64 bits per heavy atom. The summed E-state index contributed by atoms with van der Waals surface area (Å²) in [5.41, 5.74) is 12.0. The molecule has 0 radical (unpaired) electrons. The summed E-state index contributed by atoms with van der Waals surface area (Å²) in [6, 6.07) is 4.38. The first-order valence-electron chi connectivity index (χ1n) is 3.93. The van der Waals surface area contributed by atoms with Gasteiger partial charge in [-0.1, -0.05) is 0 Å². The van der Waals surface area contributed by atoms with Gasteiger partial charge in [0, 0.05) is 5.56 Å². The maximum Gasteiger partial charge on any atom is 0.292 e. The number of aromatic nitrogens is 1. The number of benzene rings is 1. The number of nitrogen functional groups attached to an aromatic ring is 2. The van der Waals surface area contributed by atoms with E-state index in [0.29, 0.717) is 11.3 Å². The van der Waals surface area contributed by atoms with Crippen molar-refractivity contribution in [3.63, 3.8) is 0 Å². The lowest BCUT2D eigenvalue weighted by molar-refractivity contribution is 0.581. The van der Waals surface area contributed by atoms with E-state index < -0.39 is 5.82 Å². The molecule has 1 aromatic heterocycles. The lowest BCUT2D eigenvalue weighted by atomic mass is 10.1. The Bertz CT molecular complexity index is 467. The maximum absolute atomic E-state index is 12.8. The van der Waals surface area contributed by atoms with Crippen LogP contribution in [-0.2, 0) is 0 Å². The highest BCUT2D eigenvalue weighted by molar-refractivity contribution is 5.64. The quantitative estimate of drug-likeness (QED) is 0.675. The van der Waals surface area contributed by atoms with Crippen LogP contribution in [-0.4, -0.2) is 4.98 Å². The maximum atomic E-state index is 12.8. The molecule has 0 unspecified atom stereocenters. The summed E-state index contributed by atoms with van der Waals surface area (Å²) in [5, 5.41) is 0. The first-order valence-corrected chi connectivity index (χ1v) is 3.93. The van der Waals surface area contributed by atoms with Crippen LogP contribution in [0.5, 0.6) is 0 Å². The van der Waals surface area contributed by atoms with Gasteiger partial charge in [-0.05, 0) is 18.2 Å². The third-order valence-electron chi connectivity index (χ3n) is 1.81. The van der Waals surface area contributed by atoms with E-state index in [1.165, 1.54) is 18.4 Å². The minimum Gasteiger partial charge on any atom is -0.432 e. The number of halogens is 1. The van der Waals surface area contributed by atoms with Gasteiger partial charge >= 0.3 is 0 Å². The van der Waals surface area contributed by atoms with E-state index in [2.05, 4.69) is 4.98 Å². The SMILES string of the molecule is Nc1nc(-c2ccc(F)c(N)c2)co1. The number of hydrogen-bond acceptors (Lipinski definition) is 4. The third kappa shape index (κ3) is 1.39. The Kier molecular flexibility index (Phi) is 1.85. The molecule has 0 fully saturated rings. The van der Waals surface area contributed by atoms with Gasteiger partial charge in [0.1, 0.15) is 17.8 Å². The number of nitrogens with two attached hydrogens (primary N) is 2. The normalized spacial score (nSPS) is 10.4. The molecule has 0 atom stereocenters. The van der Waals surface area contributed by atoms with Crippen LogP contribution in [0.4, 0.5) is 16.1 Å². The second-order valence-corrected chi connectivity index (χ2v) is 2.81. The molecule has 0 aliphatic heterocycles. The average molecular weight is 193 g/mol. The van der Waals surface area contributed by atoms with Crippen molar-refractivity contribution in [2.45, 2.75) is 0 Å². The minimum absolute atomic E-state index is 0.0721. The van der Waals surface area contributed by atoms with Crippen LogP contribution in [0, 0.1) is 5.82 Å². The zero-order valence-corrected chi connectivity index (χ0v) is 7.20. The summed E-state index contributed by atoms with van der Waals surface area (Å²) in [7, 11) is 0. The molecule has 0 bridgehead atoms. The van der Waals surface area contributed by atoms with Crippen LogP contribution >= 0.6 is 0 Å². The Hall–Kier alpha value is -2.04. The van der Waals surface area contributed by atoms with Crippen LogP contribution < -0.4 is 11.5 Å². The van der Waals surface area contributed by atoms with Crippen LogP contribution in [0.2, 0.25) is 0 Å². The summed E-state index contributed by atoms with van der Waals surface area (Å²) >= 11 is 0. The molecule has 14 heavy (non-hydrogen) atoms. The molecule has 2 rings (SSSR count). The van der Waals surface area contributed by atoms with Gasteiger partial charge in [0.05, 0.1) is 5.69 Å². The molecule has 72 valence electrons. The Balaban J connectivity index is 2.47. The summed E-state index contributed by atoms with van der Waals surface area (Å²) in [6.07, 6.45) is 1.39. The molecule has 0 aliphatic carbocycles. The van der Waals surface area contributed by atoms with Gasteiger partial charge in [0.25, 0.3) is 6.01 Å². The van der Waals surface area contributed by atoms with Crippen molar-refractivity contribution < 1.29 is 8.81 Å². The van der Waals surface area contributed by atoms with Crippen LogP contribution in [0.3, 0.4) is 0 Å². The van der Waals surface area contributed by atoms with Crippen molar-refractivity contribution in [3.05, 3.63) is 30.3 Å². The number of anilines is 2. The van der Waals surface area contributed by atoms with Gasteiger partial charge in [0.2, 0.25) is 0 Å². The van der Waals surface area contributed by atoms with E-state index in [9.17, 15) is 4.39 Å². The van der Waals surface area contributed by atoms with E-state index in [1.54, 1.807) is 6.07 Å². The largest absolute Gasteiger partial charge is 0.432 e. The Morgan fingerprint density at radius 1 is 1.29 bits per heavy atom. The zero-order chi connectivity index (χ0) is 10.1. The molecular formula is C9H8FN3O. The number of rotatable bonds is 1. The lowest BCUT2D eigenvalue weighted by Crippen LogP contribution is -1.91. The number of nitrogens with zero attached hydrogens (tertiary/aromatic N) is 1. The molecule has 0 saturated carbocycles. The third-order valence-corrected chi connectivity index (χ3v) is 1.81. The van der Waals surface area contributed by atoms with Crippen LogP contribution in [0.1, 0.15) is 0 Å². The fourth-order valence-electron chi connectivity index (χ4n) is 1.12. The van der Waals surface area contributed by atoms with Gasteiger partial charge in [-0.25, -0.2) is 4.39 Å². The van der Waals surface area contributed by atoms with Crippen molar-refractivity contribution in [2.24, 2.45) is 0 Å². The van der Waals surface area contributed by atoms with E-state index in [1.807, 2.05) is 0 Å². The summed E-state index contributed by atoms with van der Waals surface area (Å²) in [4.78, 5) is 3.88. The van der Waals surface area contributed by atoms with Gasteiger partial charge < -0.3 is 15.9 Å². The van der Waals surface area contributed by atoms with Gasteiger partial charge in [-0.2, -0.15) is 4.98 Å². The molecule has 4 N–H and O–H groups in total. The molecule has 0 saturated heterocycles. The molecule has 0 aliphatic rings. The fraction of sp³-hybridized carbons (Fsp3) is 0. The summed E-state index contributed by atoms with van der Waals surface area (Å²) < 4.78 is 17.6. The van der Waals surface area contributed by atoms with E-state index in [0.717, 1.165) is 0 Å². The highest BCUT2D eigenvalue weighted by atomic mass is 19.1. The van der Waals surface area contributed by atoms with E-state index >= 15 is 0 Å². The second kappa shape index (κ2) is 3.02. The van der Waals surface area contributed by atoms with Gasteiger partial charge in [0.15, 0.2) is 0 Å². The highest BCUT2D eigenvalue weighted by Gasteiger charge is 2.05. The van der Waals surface area contributed by atoms with E-state index in [-0.39, 0.29) is 11.7 Å². The Labute approximate surface area is 79.3 Å². The van der Waals surface area contributed by atoms with Crippen LogP contribution in [0.25, 0.3) is 11.3 Å². The topological polar surface area (TPSA) is 78.1 Å². The van der Waals surface area contributed by atoms with Crippen molar-refractivity contribution in [3.8, 4) is 11.3 Å². The van der Waals surface area contributed by atoms with Gasteiger partial charge in [-0.15, -0.1) is 0 Å². The predicted molar refractivity (Wildman–Crippen MR) is 50.7 cm³/mol. The molecular weight excluding hydrogens is 185 g/mol. The summed E-state index contributed by atoms with van der Waals surface area (Å²) in [5.74, 6) is -0.454. The monoisotopic (exact) mass is 193 g/mol. The van der Waals surface area contributed by atoms with Crippen molar-refractivity contribution in [1.82, 2.24) is 4.98 Å². The minimum atomic E-state index is -0.454. The molecule has 2 aromatic rings. The predicted octanol–water partition coefficient (Wildman–Crippen LogP) is 1.65. The van der Waals surface area contributed by atoms with Gasteiger partial charge in [-0.3, -0.25) is 0 Å². The number of oxazole rings is 1. The molecule has 4 nitrogen and oxygen atoms in total. The van der Waals surface area contributed by atoms with Crippen molar-refractivity contribution >= 4 is 11.7 Å². The second-order valence-electron chi connectivity index (χ2n) is 2.81.